The summed E-state index contributed by atoms with van der Waals surface area (Å²) in [5.74, 6) is 0.179. The topological polar surface area (TPSA) is 72.5 Å². The Balaban J connectivity index is 2.05. The lowest BCUT2D eigenvalue weighted by Gasteiger charge is -2.13. The summed E-state index contributed by atoms with van der Waals surface area (Å²) in [5.41, 5.74) is 1.96. The van der Waals surface area contributed by atoms with Gasteiger partial charge in [0, 0.05) is 13.0 Å². The molecular weight excluding hydrogens is 326 g/mol. The van der Waals surface area contributed by atoms with Crippen molar-refractivity contribution < 1.29 is 17.4 Å². The zero-order valence-electron chi connectivity index (χ0n) is 13.9. The molecule has 2 aromatic rings. The molecule has 0 aliphatic rings. The van der Waals surface area contributed by atoms with Crippen LogP contribution < -0.4 is 9.50 Å². The molecule has 24 heavy (non-hydrogen) atoms. The van der Waals surface area contributed by atoms with Crippen LogP contribution in [0.3, 0.4) is 0 Å². The van der Waals surface area contributed by atoms with E-state index in [9.17, 15) is 13.2 Å². The van der Waals surface area contributed by atoms with Crippen molar-refractivity contribution in [2.24, 2.45) is 0 Å². The van der Waals surface area contributed by atoms with E-state index in [2.05, 4.69) is 5.32 Å². The highest BCUT2D eigenvalue weighted by molar-refractivity contribution is 7.87. The van der Waals surface area contributed by atoms with Crippen molar-refractivity contribution >= 4 is 16.0 Å². The Bertz CT molecular complexity index is 796. The predicted octanol–water partition coefficient (Wildman–Crippen LogP) is 2.83. The highest BCUT2D eigenvalue weighted by atomic mass is 32.2. The molecule has 1 atom stereocenters. The van der Waals surface area contributed by atoms with Crippen molar-refractivity contribution in [2.75, 3.05) is 0 Å². The third-order valence-corrected chi connectivity index (χ3v) is 4.69. The third kappa shape index (κ3) is 5.09. The fourth-order valence-electron chi connectivity index (χ4n) is 2.31. The van der Waals surface area contributed by atoms with Gasteiger partial charge in [0.25, 0.3) is 0 Å². The summed E-state index contributed by atoms with van der Waals surface area (Å²) in [4.78, 5) is 11.1. The Kier molecular flexibility index (Phi) is 5.62. The van der Waals surface area contributed by atoms with Gasteiger partial charge in [0.05, 0.1) is 0 Å². The van der Waals surface area contributed by atoms with Gasteiger partial charge in [0.1, 0.15) is 10.6 Å². The highest BCUT2D eigenvalue weighted by Crippen LogP contribution is 2.20. The summed E-state index contributed by atoms with van der Waals surface area (Å²) in [5, 5.41) is 2.80. The van der Waals surface area contributed by atoms with Crippen LogP contribution >= 0.6 is 0 Å². The fraction of sp³-hybridized carbons (Fsp3) is 0.278. The molecule has 6 heteroatoms. The number of aryl methyl sites for hydroxylation is 1. The normalized spacial score (nSPS) is 12.5. The molecule has 2 aromatic carbocycles. The molecular formula is C18H21NO4S. The van der Waals surface area contributed by atoms with E-state index in [-0.39, 0.29) is 22.6 Å². The summed E-state index contributed by atoms with van der Waals surface area (Å²) in [6.45, 7) is 5.27. The first-order valence-electron chi connectivity index (χ1n) is 7.63. The minimum absolute atomic E-state index is 0.00515. The summed E-state index contributed by atoms with van der Waals surface area (Å²) >= 11 is 0. The zero-order chi connectivity index (χ0) is 17.7. The van der Waals surface area contributed by atoms with Crippen molar-refractivity contribution in [2.45, 2.75) is 38.1 Å². The fourth-order valence-corrected chi connectivity index (χ4v) is 3.24. The standard InChI is InChI=1S/C18H21NO4S/c1-13-4-10-18(11-5-13)24(21,22)23-17-8-6-16(7-9-17)12-14(2)19-15(3)20/h4-11,14H,12H2,1-3H3,(H,19,20). The molecule has 0 saturated heterocycles. The van der Waals surface area contributed by atoms with Crippen LogP contribution in [0.15, 0.2) is 53.4 Å². The van der Waals surface area contributed by atoms with Crippen molar-refractivity contribution in [3.8, 4) is 5.75 Å². The number of amides is 1. The first-order chi connectivity index (χ1) is 11.3. The third-order valence-electron chi connectivity index (χ3n) is 3.43. The SMILES string of the molecule is CC(=O)NC(C)Cc1ccc(OS(=O)(=O)c2ccc(C)cc2)cc1. The minimum atomic E-state index is -3.84. The monoisotopic (exact) mass is 347 g/mol. The number of benzene rings is 2. The van der Waals surface area contributed by atoms with Gasteiger partial charge in [0.15, 0.2) is 0 Å². The Morgan fingerprint density at radius 1 is 1.08 bits per heavy atom. The van der Waals surface area contributed by atoms with E-state index in [1.165, 1.54) is 19.1 Å². The molecule has 5 nitrogen and oxygen atoms in total. The van der Waals surface area contributed by atoms with Crippen LogP contribution in [0.25, 0.3) is 0 Å². The van der Waals surface area contributed by atoms with Crippen LogP contribution in [0.1, 0.15) is 25.0 Å². The molecule has 1 N–H and O–H groups in total. The summed E-state index contributed by atoms with van der Waals surface area (Å²) in [6, 6.07) is 13.3. The van der Waals surface area contributed by atoms with E-state index in [1.54, 1.807) is 36.4 Å². The van der Waals surface area contributed by atoms with E-state index in [4.69, 9.17) is 4.18 Å². The Labute approximate surface area is 142 Å². The number of carbonyl (C=O) groups is 1. The van der Waals surface area contributed by atoms with E-state index >= 15 is 0 Å². The maximum absolute atomic E-state index is 12.2. The molecule has 0 fully saturated rings. The lowest BCUT2D eigenvalue weighted by Crippen LogP contribution is -2.31. The number of rotatable bonds is 6. The molecule has 0 aromatic heterocycles. The maximum atomic E-state index is 12.2. The molecule has 0 aliphatic heterocycles. The van der Waals surface area contributed by atoms with Gasteiger partial charge in [0.2, 0.25) is 5.91 Å². The van der Waals surface area contributed by atoms with Gasteiger partial charge in [-0.1, -0.05) is 29.8 Å². The van der Waals surface area contributed by atoms with Gasteiger partial charge in [-0.25, -0.2) is 0 Å². The van der Waals surface area contributed by atoms with Gasteiger partial charge in [-0.2, -0.15) is 8.42 Å². The Hall–Kier alpha value is -2.34. The van der Waals surface area contributed by atoms with Crippen molar-refractivity contribution in [3.05, 3.63) is 59.7 Å². The van der Waals surface area contributed by atoms with Crippen molar-refractivity contribution in [1.29, 1.82) is 0 Å². The van der Waals surface area contributed by atoms with Gasteiger partial charge in [-0.05, 0) is 50.1 Å². The lowest BCUT2D eigenvalue weighted by atomic mass is 10.1. The number of nitrogens with one attached hydrogen (secondary N) is 1. The van der Waals surface area contributed by atoms with Gasteiger partial charge < -0.3 is 9.50 Å². The van der Waals surface area contributed by atoms with Crippen molar-refractivity contribution in [1.82, 2.24) is 5.32 Å². The second kappa shape index (κ2) is 7.49. The summed E-state index contributed by atoms with van der Waals surface area (Å²) in [6.07, 6.45) is 0.657. The quantitative estimate of drug-likeness (QED) is 0.816. The molecule has 128 valence electrons. The molecule has 2 rings (SSSR count). The Morgan fingerprint density at radius 2 is 1.67 bits per heavy atom. The summed E-state index contributed by atoms with van der Waals surface area (Å²) in [7, 11) is -3.84. The van der Waals surface area contributed by atoms with Gasteiger partial charge >= 0.3 is 10.1 Å². The van der Waals surface area contributed by atoms with E-state index in [0.717, 1.165) is 11.1 Å². The average molecular weight is 347 g/mol. The van der Waals surface area contributed by atoms with Crippen LogP contribution in [0, 0.1) is 6.92 Å². The summed E-state index contributed by atoms with van der Waals surface area (Å²) < 4.78 is 29.6. The second-order valence-corrected chi connectivity index (χ2v) is 7.35. The largest absolute Gasteiger partial charge is 0.379 e. The van der Waals surface area contributed by atoms with Gasteiger partial charge in [-0.3, -0.25) is 4.79 Å². The smallest absolute Gasteiger partial charge is 0.339 e. The van der Waals surface area contributed by atoms with Crippen LogP contribution in [0.2, 0.25) is 0 Å². The maximum Gasteiger partial charge on any atom is 0.339 e. The lowest BCUT2D eigenvalue weighted by molar-refractivity contribution is -0.119. The first-order valence-corrected chi connectivity index (χ1v) is 9.04. The van der Waals surface area contributed by atoms with Gasteiger partial charge in [-0.15, -0.1) is 0 Å². The van der Waals surface area contributed by atoms with E-state index in [0.29, 0.717) is 6.42 Å². The molecule has 0 bridgehead atoms. The first kappa shape index (κ1) is 18.0. The zero-order valence-corrected chi connectivity index (χ0v) is 14.8. The molecule has 0 saturated carbocycles. The van der Waals surface area contributed by atoms with E-state index in [1.807, 2.05) is 13.8 Å². The molecule has 0 heterocycles. The van der Waals surface area contributed by atoms with Crippen LogP contribution in [-0.2, 0) is 21.3 Å². The number of hydrogen-bond donors (Lipinski definition) is 1. The minimum Gasteiger partial charge on any atom is -0.379 e. The van der Waals surface area contributed by atoms with E-state index < -0.39 is 10.1 Å². The number of hydrogen-bond acceptors (Lipinski definition) is 4. The molecule has 1 amide bonds. The Morgan fingerprint density at radius 3 is 2.21 bits per heavy atom. The van der Waals surface area contributed by atoms with Crippen LogP contribution in [0.4, 0.5) is 0 Å². The average Bonchev–Trinajstić information content (AvgIpc) is 2.48. The molecule has 0 aliphatic carbocycles. The van der Waals surface area contributed by atoms with Crippen molar-refractivity contribution in [3.63, 3.8) is 0 Å². The molecule has 0 spiro atoms. The molecule has 1 unspecified atom stereocenters. The molecule has 0 radical (unpaired) electrons. The number of carbonyl (C=O) groups excluding carboxylic acids is 1. The van der Waals surface area contributed by atoms with Crippen LogP contribution in [-0.4, -0.2) is 20.4 Å². The predicted molar refractivity (Wildman–Crippen MR) is 92.4 cm³/mol. The van der Waals surface area contributed by atoms with Crippen LogP contribution in [0.5, 0.6) is 5.75 Å². The second-order valence-electron chi connectivity index (χ2n) is 5.80. The highest BCUT2D eigenvalue weighted by Gasteiger charge is 2.16.